The monoisotopic (exact) mass is 289 g/mol. The smallest absolute Gasteiger partial charge is 0.240 e. The second kappa shape index (κ2) is 6.68. The lowest BCUT2D eigenvalue weighted by Gasteiger charge is -2.02. The van der Waals surface area contributed by atoms with Gasteiger partial charge in [0.25, 0.3) is 0 Å². The fourth-order valence-corrected chi connectivity index (χ4v) is 2.19. The van der Waals surface area contributed by atoms with Crippen molar-refractivity contribution in [3.05, 3.63) is 35.5 Å². The summed E-state index contributed by atoms with van der Waals surface area (Å²) in [7, 11) is 0. The average Bonchev–Trinajstić information content (AvgIpc) is 2.92. The Kier molecular flexibility index (Phi) is 4.69. The molecule has 0 radical (unpaired) electrons. The Balaban J connectivity index is 1.94. The molecular formula is C14H12FN3OS. The quantitative estimate of drug-likeness (QED) is 0.829. The van der Waals surface area contributed by atoms with E-state index in [9.17, 15) is 9.18 Å². The molecule has 0 atom stereocenters. The molecule has 0 aliphatic rings. The third-order valence-corrected chi connectivity index (χ3v) is 3.23. The zero-order chi connectivity index (χ0) is 14.4. The Labute approximate surface area is 120 Å². The van der Waals surface area contributed by atoms with Gasteiger partial charge in [-0.1, -0.05) is 5.92 Å². The van der Waals surface area contributed by atoms with Gasteiger partial charge in [0.05, 0.1) is 18.8 Å². The molecule has 0 bridgehead atoms. The van der Waals surface area contributed by atoms with Crippen LogP contribution in [0.4, 0.5) is 9.52 Å². The van der Waals surface area contributed by atoms with Gasteiger partial charge in [-0.05, 0) is 24.3 Å². The maximum absolute atomic E-state index is 12.8. The lowest BCUT2D eigenvalue weighted by Crippen LogP contribution is -2.29. The van der Waals surface area contributed by atoms with Crippen LogP contribution in [0.25, 0.3) is 11.3 Å². The third kappa shape index (κ3) is 3.80. The number of carbonyl (C=O) groups excluding carboxylic acids is 1. The number of thiazole rings is 1. The molecule has 1 heterocycles. The first-order chi connectivity index (χ1) is 9.69. The van der Waals surface area contributed by atoms with Gasteiger partial charge >= 0.3 is 0 Å². The van der Waals surface area contributed by atoms with Crippen LogP contribution >= 0.6 is 11.3 Å². The van der Waals surface area contributed by atoms with E-state index >= 15 is 0 Å². The first kappa shape index (κ1) is 14.0. The highest BCUT2D eigenvalue weighted by molar-refractivity contribution is 7.14. The van der Waals surface area contributed by atoms with Gasteiger partial charge in [0.2, 0.25) is 5.91 Å². The molecule has 0 aliphatic carbocycles. The van der Waals surface area contributed by atoms with Crippen molar-refractivity contribution in [2.24, 2.45) is 0 Å². The summed E-state index contributed by atoms with van der Waals surface area (Å²) < 4.78 is 12.8. The fraction of sp³-hybridized carbons (Fsp3) is 0.143. The standard InChI is InChI=1S/C14H12FN3OS/c1-2-7-16-13(19)8-17-14-18-12(9-20-14)10-3-5-11(15)6-4-10/h1,3-6,9H,7-8H2,(H,16,19)(H,17,18). The van der Waals surface area contributed by atoms with Gasteiger partial charge in [0.1, 0.15) is 5.82 Å². The highest BCUT2D eigenvalue weighted by Crippen LogP contribution is 2.24. The molecule has 1 aromatic carbocycles. The van der Waals surface area contributed by atoms with Crippen LogP contribution in [0.5, 0.6) is 0 Å². The van der Waals surface area contributed by atoms with Crippen LogP contribution in [-0.4, -0.2) is 24.0 Å². The highest BCUT2D eigenvalue weighted by atomic mass is 32.1. The van der Waals surface area contributed by atoms with Crippen molar-refractivity contribution in [2.75, 3.05) is 18.4 Å². The zero-order valence-electron chi connectivity index (χ0n) is 10.5. The summed E-state index contributed by atoms with van der Waals surface area (Å²) in [6.07, 6.45) is 5.04. The number of terminal acetylenes is 1. The van der Waals surface area contributed by atoms with Crippen LogP contribution in [0.1, 0.15) is 0 Å². The number of hydrogen-bond donors (Lipinski definition) is 2. The van der Waals surface area contributed by atoms with Gasteiger partial charge < -0.3 is 10.6 Å². The minimum atomic E-state index is -0.285. The molecule has 4 nitrogen and oxygen atoms in total. The average molecular weight is 289 g/mol. The molecule has 0 fully saturated rings. The number of halogens is 1. The van der Waals surface area contributed by atoms with Crippen LogP contribution in [-0.2, 0) is 4.79 Å². The van der Waals surface area contributed by atoms with Crippen LogP contribution in [0.2, 0.25) is 0 Å². The molecule has 0 aliphatic heterocycles. The summed E-state index contributed by atoms with van der Waals surface area (Å²) in [5, 5.41) is 7.92. The maximum atomic E-state index is 12.8. The van der Waals surface area contributed by atoms with E-state index in [1.165, 1.54) is 23.5 Å². The molecule has 0 unspecified atom stereocenters. The van der Waals surface area contributed by atoms with Gasteiger partial charge in [-0.15, -0.1) is 17.8 Å². The number of benzene rings is 1. The molecule has 0 saturated carbocycles. The third-order valence-electron chi connectivity index (χ3n) is 2.43. The SMILES string of the molecule is C#CCNC(=O)CNc1nc(-c2ccc(F)cc2)cs1. The Morgan fingerprint density at radius 3 is 2.85 bits per heavy atom. The van der Waals surface area contributed by atoms with Crippen molar-refractivity contribution in [1.82, 2.24) is 10.3 Å². The first-order valence-electron chi connectivity index (χ1n) is 5.84. The molecular weight excluding hydrogens is 277 g/mol. The molecule has 2 aromatic rings. The zero-order valence-corrected chi connectivity index (χ0v) is 11.3. The largest absolute Gasteiger partial charge is 0.352 e. The minimum Gasteiger partial charge on any atom is -0.352 e. The van der Waals surface area contributed by atoms with Crippen LogP contribution < -0.4 is 10.6 Å². The van der Waals surface area contributed by atoms with E-state index in [2.05, 4.69) is 21.5 Å². The van der Waals surface area contributed by atoms with Crippen molar-refractivity contribution in [1.29, 1.82) is 0 Å². The first-order valence-corrected chi connectivity index (χ1v) is 6.72. The Morgan fingerprint density at radius 1 is 1.40 bits per heavy atom. The van der Waals surface area contributed by atoms with Crippen molar-refractivity contribution < 1.29 is 9.18 Å². The lowest BCUT2D eigenvalue weighted by molar-refractivity contribution is -0.119. The molecule has 2 N–H and O–H groups in total. The number of nitrogens with zero attached hydrogens (tertiary/aromatic N) is 1. The summed E-state index contributed by atoms with van der Waals surface area (Å²) in [5.41, 5.74) is 1.56. The minimum absolute atomic E-state index is 0.109. The van der Waals surface area contributed by atoms with E-state index in [1.807, 2.05) is 5.38 Å². The Hall–Kier alpha value is -2.39. The Bertz CT molecular complexity index is 631. The molecule has 0 spiro atoms. The number of amides is 1. The van der Waals surface area contributed by atoms with Gasteiger partial charge in [-0.3, -0.25) is 4.79 Å². The van der Waals surface area contributed by atoms with Gasteiger partial charge in [-0.25, -0.2) is 9.37 Å². The maximum Gasteiger partial charge on any atom is 0.240 e. The number of hydrogen-bond acceptors (Lipinski definition) is 4. The van der Waals surface area contributed by atoms with Crippen LogP contribution in [0.15, 0.2) is 29.6 Å². The second-order valence-corrected chi connectivity index (χ2v) is 4.74. The number of rotatable bonds is 5. The summed E-state index contributed by atoms with van der Waals surface area (Å²) in [4.78, 5) is 15.7. The molecule has 1 amide bonds. The van der Waals surface area contributed by atoms with E-state index in [0.29, 0.717) is 5.13 Å². The molecule has 20 heavy (non-hydrogen) atoms. The number of anilines is 1. The lowest BCUT2D eigenvalue weighted by atomic mass is 10.2. The Morgan fingerprint density at radius 2 is 2.15 bits per heavy atom. The molecule has 6 heteroatoms. The van der Waals surface area contributed by atoms with E-state index < -0.39 is 0 Å². The summed E-state index contributed by atoms with van der Waals surface area (Å²) >= 11 is 1.38. The molecule has 102 valence electrons. The highest BCUT2D eigenvalue weighted by Gasteiger charge is 2.06. The van der Waals surface area contributed by atoms with Crippen molar-refractivity contribution in [3.63, 3.8) is 0 Å². The summed E-state index contributed by atoms with van der Waals surface area (Å²) in [5.74, 6) is 1.85. The number of carbonyl (C=O) groups is 1. The van der Waals surface area contributed by atoms with Gasteiger partial charge in [0, 0.05) is 10.9 Å². The van der Waals surface area contributed by atoms with E-state index in [4.69, 9.17) is 6.42 Å². The predicted octanol–water partition coefficient (Wildman–Crippen LogP) is 2.11. The number of nitrogens with one attached hydrogen (secondary N) is 2. The molecule has 1 aromatic heterocycles. The fourth-order valence-electron chi connectivity index (χ4n) is 1.48. The summed E-state index contributed by atoms with van der Waals surface area (Å²) in [6.45, 7) is 0.317. The topological polar surface area (TPSA) is 54.0 Å². The van der Waals surface area contributed by atoms with E-state index in [0.717, 1.165) is 11.3 Å². The van der Waals surface area contributed by atoms with Gasteiger partial charge in [-0.2, -0.15) is 0 Å². The van der Waals surface area contributed by atoms with Gasteiger partial charge in [0.15, 0.2) is 5.13 Å². The summed E-state index contributed by atoms with van der Waals surface area (Å²) in [6, 6.07) is 6.09. The van der Waals surface area contributed by atoms with Crippen molar-refractivity contribution >= 4 is 22.4 Å². The molecule has 2 rings (SSSR count). The normalized spacial score (nSPS) is 9.80. The van der Waals surface area contributed by atoms with E-state index in [1.54, 1.807) is 12.1 Å². The van der Waals surface area contributed by atoms with Crippen molar-refractivity contribution in [2.45, 2.75) is 0 Å². The number of aromatic nitrogens is 1. The van der Waals surface area contributed by atoms with E-state index in [-0.39, 0.29) is 24.8 Å². The predicted molar refractivity (Wildman–Crippen MR) is 77.8 cm³/mol. The van der Waals surface area contributed by atoms with Crippen LogP contribution in [0, 0.1) is 18.2 Å². The van der Waals surface area contributed by atoms with Crippen LogP contribution in [0.3, 0.4) is 0 Å². The van der Waals surface area contributed by atoms with Crippen molar-refractivity contribution in [3.8, 4) is 23.6 Å². The molecule has 0 saturated heterocycles. The second-order valence-electron chi connectivity index (χ2n) is 3.88.